The second-order valence-electron chi connectivity index (χ2n) is 10.2. The van der Waals surface area contributed by atoms with Gasteiger partial charge in [0.05, 0.1) is 17.0 Å². The zero-order chi connectivity index (χ0) is 28.7. The van der Waals surface area contributed by atoms with Crippen molar-refractivity contribution in [2.45, 2.75) is 62.6 Å². The fraction of sp³-hybridized carbons (Fsp3) is 0.333. The molecular weight excluding hydrogens is 531 g/mol. The van der Waals surface area contributed by atoms with Crippen LogP contribution in [0.2, 0.25) is 0 Å². The Balaban J connectivity index is 1.27. The quantitative estimate of drug-likeness (QED) is 0.277. The molecule has 0 aliphatic heterocycles. The average Bonchev–Trinajstić information content (AvgIpc) is 2.94. The van der Waals surface area contributed by atoms with Crippen molar-refractivity contribution >= 4 is 27.6 Å². The molecule has 40 heavy (non-hydrogen) atoms. The number of sulfonamides is 1. The van der Waals surface area contributed by atoms with E-state index >= 15 is 0 Å². The molecular formula is C30H35FN4O4S. The topological polar surface area (TPSA) is 116 Å². The van der Waals surface area contributed by atoms with Gasteiger partial charge in [-0.1, -0.05) is 48.5 Å². The Kier molecular flexibility index (Phi) is 9.54. The number of carbonyl (C=O) groups is 2. The van der Waals surface area contributed by atoms with Gasteiger partial charge in [-0.15, -0.1) is 0 Å². The van der Waals surface area contributed by atoms with Crippen LogP contribution < -0.4 is 20.7 Å². The smallest absolute Gasteiger partial charge is 0.319 e. The van der Waals surface area contributed by atoms with Crippen LogP contribution in [0.25, 0.3) is 0 Å². The molecule has 0 saturated heterocycles. The molecule has 4 rings (SSSR count). The summed E-state index contributed by atoms with van der Waals surface area (Å²) in [6, 6.07) is 20.4. The monoisotopic (exact) mass is 566 g/mol. The fourth-order valence-electron chi connectivity index (χ4n) is 4.86. The second-order valence-corrected chi connectivity index (χ2v) is 11.9. The minimum absolute atomic E-state index is 0.0504. The first-order valence-electron chi connectivity index (χ1n) is 13.4. The molecule has 0 heterocycles. The summed E-state index contributed by atoms with van der Waals surface area (Å²) in [6.07, 6.45) is 2.16. The fourth-order valence-corrected chi connectivity index (χ4v) is 6.21. The predicted octanol–water partition coefficient (Wildman–Crippen LogP) is 5.42. The number of carbonyl (C=O) groups excluding carboxylic acids is 2. The Hall–Kier alpha value is -3.76. The maximum absolute atomic E-state index is 13.2. The molecule has 10 heteroatoms. The molecule has 2 unspecified atom stereocenters. The van der Waals surface area contributed by atoms with Crippen LogP contribution in [0.4, 0.5) is 14.9 Å². The third-order valence-corrected chi connectivity index (χ3v) is 8.72. The normalized spacial score (nSPS) is 18.8. The van der Waals surface area contributed by atoms with Gasteiger partial charge in [0.2, 0.25) is 15.9 Å². The minimum atomic E-state index is -3.83. The number of rotatable bonds is 9. The van der Waals surface area contributed by atoms with Gasteiger partial charge in [-0.25, -0.2) is 22.3 Å². The molecule has 1 aliphatic rings. The summed E-state index contributed by atoms with van der Waals surface area (Å²) in [5, 5.41) is 8.52. The summed E-state index contributed by atoms with van der Waals surface area (Å²) in [5.74, 6) is -0.630. The van der Waals surface area contributed by atoms with Crippen molar-refractivity contribution in [3.05, 3.63) is 95.8 Å². The SMILES string of the molecule is CC(NC(=O)Nc1cccc(S(=O)(=O)NC2CCC(C(=O)NC(C)c3ccc(F)cc3)CC2)c1)c1ccccc1. The van der Waals surface area contributed by atoms with Crippen molar-refractivity contribution in [3.8, 4) is 0 Å². The number of hydrogen-bond acceptors (Lipinski definition) is 4. The zero-order valence-corrected chi connectivity index (χ0v) is 23.4. The van der Waals surface area contributed by atoms with Crippen LogP contribution in [0.5, 0.6) is 0 Å². The maximum atomic E-state index is 13.2. The molecule has 1 aliphatic carbocycles. The molecule has 0 spiro atoms. The average molecular weight is 567 g/mol. The molecule has 1 fully saturated rings. The van der Waals surface area contributed by atoms with Crippen molar-refractivity contribution in [2.24, 2.45) is 5.92 Å². The van der Waals surface area contributed by atoms with E-state index < -0.39 is 16.1 Å². The van der Waals surface area contributed by atoms with E-state index in [9.17, 15) is 22.4 Å². The van der Waals surface area contributed by atoms with E-state index in [1.165, 1.54) is 24.3 Å². The molecule has 212 valence electrons. The summed E-state index contributed by atoms with van der Waals surface area (Å²) in [6.45, 7) is 3.71. The third kappa shape index (κ3) is 7.89. The Morgan fingerprint density at radius 1 is 0.800 bits per heavy atom. The molecule has 3 aromatic rings. The van der Waals surface area contributed by atoms with Gasteiger partial charge in [0.1, 0.15) is 5.82 Å². The lowest BCUT2D eigenvalue weighted by Gasteiger charge is -2.29. The Labute approximate surface area is 234 Å². The molecule has 0 radical (unpaired) electrons. The largest absolute Gasteiger partial charge is 0.349 e. The maximum Gasteiger partial charge on any atom is 0.319 e. The van der Waals surface area contributed by atoms with Gasteiger partial charge in [0, 0.05) is 17.6 Å². The van der Waals surface area contributed by atoms with E-state index in [0.29, 0.717) is 31.4 Å². The molecule has 0 aromatic heterocycles. The van der Waals surface area contributed by atoms with Gasteiger partial charge in [0.25, 0.3) is 0 Å². The van der Waals surface area contributed by atoms with Crippen molar-refractivity contribution < 1.29 is 22.4 Å². The Morgan fingerprint density at radius 3 is 2.10 bits per heavy atom. The van der Waals surface area contributed by atoms with Crippen LogP contribution in [-0.2, 0) is 14.8 Å². The van der Waals surface area contributed by atoms with E-state index in [1.807, 2.05) is 44.2 Å². The zero-order valence-electron chi connectivity index (χ0n) is 22.6. The molecule has 3 amide bonds. The molecule has 0 bridgehead atoms. The number of nitrogens with one attached hydrogen (secondary N) is 4. The summed E-state index contributed by atoms with van der Waals surface area (Å²) in [7, 11) is -3.83. The summed E-state index contributed by atoms with van der Waals surface area (Å²) in [5.41, 5.74) is 2.13. The summed E-state index contributed by atoms with van der Waals surface area (Å²) < 4.78 is 42.1. The summed E-state index contributed by atoms with van der Waals surface area (Å²) >= 11 is 0. The van der Waals surface area contributed by atoms with Crippen LogP contribution in [0.1, 0.15) is 62.7 Å². The Morgan fingerprint density at radius 2 is 1.43 bits per heavy atom. The van der Waals surface area contributed by atoms with Crippen molar-refractivity contribution in [3.63, 3.8) is 0 Å². The van der Waals surface area contributed by atoms with E-state index in [0.717, 1.165) is 11.1 Å². The third-order valence-electron chi connectivity index (χ3n) is 7.20. The first-order valence-corrected chi connectivity index (χ1v) is 14.9. The van der Waals surface area contributed by atoms with Crippen LogP contribution in [-0.4, -0.2) is 26.4 Å². The standard InChI is InChI=1S/C30H35FN4O4S/c1-20(23-11-15-25(31)16-12-23)32-29(36)24-13-17-26(18-14-24)35-40(38,39)28-10-6-9-27(19-28)34-30(37)33-21(2)22-7-4-3-5-8-22/h3-12,15-16,19-21,24,26,35H,13-14,17-18H2,1-2H3,(H,32,36)(H2,33,34,37). The molecule has 3 aromatic carbocycles. The highest BCUT2D eigenvalue weighted by Crippen LogP contribution is 2.27. The van der Waals surface area contributed by atoms with Crippen LogP contribution >= 0.6 is 0 Å². The lowest BCUT2D eigenvalue weighted by atomic mass is 9.85. The number of anilines is 1. The van der Waals surface area contributed by atoms with Crippen molar-refractivity contribution in [1.29, 1.82) is 0 Å². The van der Waals surface area contributed by atoms with Crippen molar-refractivity contribution in [1.82, 2.24) is 15.4 Å². The number of hydrogen-bond donors (Lipinski definition) is 4. The number of benzene rings is 3. The van der Waals surface area contributed by atoms with Gasteiger partial charge in [-0.3, -0.25) is 4.79 Å². The van der Waals surface area contributed by atoms with Gasteiger partial charge in [0.15, 0.2) is 0 Å². The Bertz CT molecular complexity index is 1410. The van der Waals surface area contributed by atoms with E-state index in [4.69, 9.17) is 0 Å². The van der Waals surface area contributed by atoms with E-state index in [2.05, 4.69) is 20.7 Å². The van der Waals surface area contributed by atoms with Gasteiger partial charge in [-0.2, -0.15) is 0 Å². The van der Waals surface area contributed by atoms with Gasteiger partial charge in [-0.05, 0) is 81.0 Å². The minimum Gasteiger partial charge on any atom is -0.349 e. The first-order chi connectivity index (χ1) is 19.1. The van der Waals surface area contributed by atoms with Crippen LogP contribution in [0.3, 0.4) is 0 Å². The van der Waals surface area contributed by atoms with Gasteiger partial charge >= 0.3 is 6.03 Å². The number of amides is 3. The second kappa shape index (κ2) is 13.1. The highest BCUT2D eigenvalue weighted by molar-refractivity contribution is 7.89. The predicted molar refractivity (Wildman–Crippen MR) is 152 cm³/mol. The number of urea groups is 1. The molecule has 1 saturated carbocycles. The van der Waals surface area contributed by atoms with Crippen LogP contribution in [0.15, 0.2) is 83.8 Å². The van der Waals surface area contributed by atoms with E-state index in [1.54, 1.807) is 24.3 Å². The molecule has 8 nitrogen and oxygen atoms in total. The lowest BCUT2D eigenvalue weighted by Crippen LogP contribution is -2.41. The van der Waals surface area contributed by atoms with Crippen molar-refractivity contribution in [2.75, 3.05) is 5.32 Å². The molecule has 4 N–H and O–H groups in total. The highest BCUT2D eigenvalue weighted by Gasteiger charge is 2.30. The summed E-state index contributed by atoms with van der Waals surface area (Å²) in [4.78, 5) is 25.3. The molecule has 2 atom stereocenters. The number of halogens is 1. The van der Waals surface area contributed by atoms with E-state index in [-0.39, 0.29) is 40.7 Å². The first kappa shape index (κ1) is 29.2. The lowest BCUT2D eigenvalue weighted by molar-refractivity contribution is -0.126. The highest BCUT2D eigenvalue weighted by atomic mass is 32.2. The van der Waals surface area contributed by atoms with Gasteiger partial charge < -0.3 is 16.0 Å². The van der Waals surface area contributed by atoms with Crippen LogP contribution in [0, 0.1) is 11.7 Å².